The van der Waals surface area contributed by atoms with E-state index >= 15 is 0 Å². The molecule has 0 aromatic rings. The third-order valence-corrected chi connectivity index (χ3v) is 6.39. The number of ether oxygens (including phenoxy) is 1. The predicted molar refractivity (Wildman–Crippen MR) is 85.9 cm³/mol. The van der Waals surface area contributed by atoms with E-state index in [2.05, 4.69) is 47.0 Å². The van der Waals surface area contributed by atoms with Gasteiger partial charge in [-0.05, 0) is 50.5 Å². The summed E-state index contributed by atoms with van der Waals surface area (Å²) < 4.78 is 6.67. The van der Waals surface area contributed by atoms with Crippen molar-refractivity contribution in [3.8, 4) is 0 Å². The molecule has 0 heterocycles. The molecule has 6 unspecified atom stereocenters. The van der Waals surface area contributed by atoms with Crippen molar-refractivity contribution in [3.05, 3.63) is 0 Å². The summed E-state index contributed by atoms with van der Waals surface area (Å²) >= 11 is 0. The molecule has 0 radical (unpaired) electrons. The lowest BCUT2D eigenvalue weighted by molar-refractivity contribution is -0.181. The highest BCUT2D eigenvalue weighted by Crippen LogP contribution is 2.48. The minimum atomic E-state index is 0.330. The van der Waals surface area contributed by atoms with Gasteiger partial charge in [0.1, 0.15) is 0 Å². The molecule has 0 aliphatic heterocycles. The minimum Gasteiger partial charge on any atom is -0.374 e. The average Bonchev–Trinajstić information content (AvgIpc) is 2.41. The molecule has 0 saturated heterocycles. The first-order valence-electron chi connectivity index (χ1n) is 8.75. The van der Waals surface area contributed by atoms with Gasteiger partial charge in [-0.3, -0.25) is 0 Å². The fourth-order valence-corrected chi connectivity index (χ4v) is 4.43. The van der Waals surface area contributed by atoms with Crippen LogP contribution in [0.2, 0.25) is 0 Å². The molecule has 2 rings (SSSR count). The summed E-state index contributed by atoms with van der Waals surface area (Å²) in [5.41, 5.74) is 0.330. The van der Waals surface area contributed by atoms with Crippen LogP contribution >= 0.6 is 0 Å². The van der Waals surface area contributed by atoms with Crippen LogP contribution in [0.5, 0.6) is 0 Å². The lowest BCUT2D eigenvalue weighted by Gasteiger charge is -2.55. The van der Waals surface area contributed by atoms with Gasteiger partial charge in [0, 0.05) is 11.5 Å². The predicted octanol–water partition coefficient (Wildman–Crippen LogP) is 4.24. The Morgan fingerprint density at radius 1 is 1.25 bits per heavy atom. The highest BCUT2D eigenvalue weighted by molar-refractivity contribution is 5.05. The summed E-state index contributed by atoms with van der Waals surface area (Å²) in [5.74, 6) is 2.35. The third kappa shape index (κ3) is 2.92. The number of nitrogens with one attached hydrogen (secondary N) is 1. The normalized spacial score (nSPS) is 45.5. The zero-order valence-corrected chi connectivity index (χ0v) is 14.4. The van der Waals surface area contributed by atoms with Gasteiger partial charge in [0.15, 0.2) is 0 Å². The summed E-state index contributed by atoms with van der Waals surface area (Å²) in [5, 5.41) is 3.47. The highest BCUT2D eigenvalue weighted by Gasteiger charge is 2.52. The van der Waals surface area contributed by atoms with Gasteiger partial charge in [-0.2, -0.15) is 0 Å². The van der Waals surface area contributed by atoms with Crippen LogP contribution in [0.1, 0.15) is 66.7 Å². The van der Waals surface area contributed by atoms with Crippen LogP contribution in [0, 0.1) is 23.2 Å². The maximum Gasteiger partial charge on any atom is 0.0662 e. The maximum absolute atomic E-state index is 6.67. The molecule has 20 heavy (non-hydrogen) atoms. The number of hydrogen-bond acceptors (Lipinski definition) is 2. The summed E-state index contributed by atoms with van der Waals surface area (Å²) in [6.07, 6.45) is 7.36. The molecule has 0 aromatic carbocycles. The monoisotopic (exact) mass is 281 g/mol. The Morgan fingerprint density at radius 2 is 1.95 bits per heavy atom. The third-order valence-electron chi connectivity index (χ3n) is 6.39. The quantitative estimate of drug-likeness (QED) is 0.814. The summed E-state index contributed by atoms with van der Waals surface area (Å²) in [4.78, 5) is 0. The van der Waals surface area contributed by atoms with Crippen LogP contribution < -0.4 is 5.32 Å². The Morgan fingerprint density at radius 3 is 2.50 bits per heavy atom. The molecule has 0 bridgehead atoms. The number of hydrogen-bond donors (Lipinski definition) is 1. The zero-order valence-electron chi connectivity index (χ0n) is 14.4. The Hall–Kier alpha value is -0.0800. The molecule has 0 amide bonds. The Balaban J connectivity index is 2.00. The van der Waals surface area contributed by atoms with Crippen molar-refractivity contribution >= 4 is 0 Å². The number of rotatable bonds is 5. The van der Waals surface area contributed by atoms with Gasteiger partial charge in [-0.1, -0.05) is 41.0 Å². The van der Waals surface area contributed by atoms with Gasteiger partial charge < -0.3 is 10.1 Å². The molecule has 2 fully saturated rings. The molecule has 118 valence electrons. The Labute approximate surface area is 126 Å². The van der Waals surface area contributed by atoms with E-state index in [1.54, 1.807) is 0 Å². The lowest BCUT2D eigenvalue weighted by Crippen LogP contribution is -2.62. The van der Waals surface area contributed by atoms with Crippen molar-refractivity contribution in [1.29, 1.82) is 0 Å². The van der Waals surface area contributed by atoms with Crippen molar-refractivity contribution in [2.24, 2.45) is 23.2 Å². The van der Waals surface area contributed by atoms with E-state index in [4.69, 9.17) is 4.74 Å². The van der Waals surface area contributed by atoms with Crippen LogP contribution in [0.25, 0.3) is 0 Å². The van der Waals surface area contributed by atoms with E-state index in [0.717, 1.165) is 17.8 Å². The summed E-state index contributed by atoms with van der Waals surface area (Å²) in [6.45, 7) is 11.8. The second kappa shape index (κ2) is 6.36. The van der Waals surface area contributed by atoms with Crippen molar-refractivity contribution in [1.82, 2.24) is 5.32 Å². The van der Waals surface area contributed by atoms with Gasteiger partial charge >= 0.3 is 0 Å². The van der Waals surface area contributed by atoms with E-state index < -0.39 is 0 Å². The molecule has 2 nitrogen and oxygen atoms in total. The van der Waals surface area contributed by atoms with Gasteiger partial charge in [0.25, 0.3) is 0 Å². The highest BCUT2D eigenvalue weighted by atomic mass is 16.5. The molecule has 2 heteroatoms. The van der Waals surface area contributed by atoms with Crippen LogP contribution in [0.3, 0.4) is 0 Å². The fraction of sp³-hybridized carbons (Fsp3) is 1.00. The van der Waals surface area contributed by atoms with E-state index in [-0.39, 0.29) is 0 Å². The molecule has 2 aliphatic rings. The van der Waals surface area contributed by atoms with Crippen molar-refractivity contribution in [2.75, 3.05) is 7.05 Å². The van der Waals surface area contributed by atoms with Gasteiger partial charge in [-0.25, -0.2) is 0 Å². The molecule has 2 aliphatic carbocycles. The topological polar surface area (TPSA) is 21.3 Å². The minimum absolute atomic E-state index is 0.330. The summed E-state index contributed by atoms with van der Waals surface area (Å²) in [7, 11) is 2.09. The molecule has 0 aromatic heterocycles. The van der Waals surface area contributed by atoms with Crippen LogP contribution in [0.15, 0.2) is 0 Å². The first-order valence-corrected chi connectivity index (χ1v) is 8.75. The SMILES string of the molecule is CCC1(C)C(NC)CC1OC1CC(C)CCC1C(C)C. The van der Waals surface area contributed by atoms with Crippen LogP contribution in [0.4, 0.5) is 0 Å². The van der Waals surface area contributed by atoms with Crippen molar-refractivity contribution in [2.45, 2.75) is 85.0 Å². The standard InChI is InChI=1S/C18H35NO/c1-7-18(5)16(19-6)11-17(18)20-15-10-13(4)8-9-14(15)12(2)3/h12-17,19H,7-11H2,1-6H3. The zero-order chi connectivity index (χ0) is 14.9. The van der Waals surface area contributed by atoms with Gasteiger partial charge in [0.05, 0.1) is 12.2 Å². The van der Waals surface area contributed by atoms with Crippen LogP contribution in [-0.4, -0.2) is 25.3 Å². The fourth-order valence-electron chi connectivity index (χ4n) is 4.43. The largest absolute Gasteiger partial charge is 0.374 e. The average molecular weight is 281 g/mol. The second-order valence-corrected chi connectivity index (χ2v) is 7.93. The van der Waals surface area contributed by atoms with Gasteiger partial charge in [0.2, 0.25) is 0 Å². The molecule has 6 atom stereocenters. The molecule has 2 saturated carbocycles. The second-order valence-electron chi connectivity index (χ2n) is 7.93. The first-order chi connectivity index (χ1) is 9.42. The van der Waals surface area contributed by atoms with E-state index in [0.29, 0.717) is 23.7 Å². The van der Waals surface area contributed by atoms with Crippen molar-refractivity contribution < 1.29 is 4.74 Å². The van der Waals surface area contributed by atoms with Gasteiger partial charge in [-0.15, -0.1) is 0 Å². The molecular formula is C18H35NO. The van der Waals surface area contributed by atoms with E-state index in [1.807, 2.05) is 0 Å². The maximum atomic E-state index is 6.67. The Kier molecular flexibility index (Phi) is 5.18. The summed E-state index contributed by atoms with van der Waals surface area (Å²) in [6, 6.07) is 0.635. The molecule has 1 N–H and O–H groups in total. The first kappa shape index (κ1) is 16.3. The molecular weight excluding hydrogens is 246 g/mol. The van der Waals surface area contributed by atoms with E-state index in [9.17, 15) is 0 Å². The van der Waals surface area contributed by atoms with Crippen LogP contribution in [-0.2, 0) is 4.74 Å². The Bertz CT molecular complexity index is 317. The smallest absolute Gasteiger partial charge is 0.0662 e. The van der Waals surface area contributed by atoms with E-state index in [1.165, 1.54) is 32.1 Å². The van der Waals surface area contributed by atoms with Crippen molar-refractivity contribution in [3.63, 3.8) is 0 Å². The lowest BCUT2D eigenvalue weighted by atomic mass is 9.61. The molecule has 0 spiro atoms.